The number of pyridine rings is 1. The van der Waals surface area contributed by atoms with Crippen molar-refractivity contribution in [3.63, 3.8) is 0 Å². The third-order valence-corrected chi connectivity index (χ3v) is 8.61. The van der Waals surface area contributed by atoms with E-state index in [2.05, 4.69) is 21.2 Å². The summed E-state index contributed by atoms with van der Waals surface area (Å²) < 4.78 is 58.5. The number of sulfone groups is 1. The first kappa shape index (κ1) is 27.0. The number of fused-ring (bicyclic) bond motifs is 3. The summed E-state index contributed by atoms with van der Waals surface area (Å²) >= 11 is 0. The lowest BCUT2D eigenvalue weighted by Crippen LogP contribution is -2.28. The van der Waals surface area contributed by atoms with Gasteiger partial charge < -0.3 is 15.0 Å². The van der Waals surface area contributed by atoms with Crippen LogP contribution < -0.4 is 10.5 Å². The van der Waals surface area contributed by atoms with Crippen LogP contribution in [0.2, 0.25) is 0 Å². The number of nitrogens with two attached hydrogens (primary N) is 1. The van der Waals surface area contributed by atoms with Gasteiger partial charge in [0.15, 0.2) is 15.7 Å². The number of nitrogens with one attached hydrogen (secondary N) is 1. The lowest BCUT2D eigenvalue weighted by molar-refractivity contribution is 0.131. The van der Waals surface area contributed by atoms with Crippen LogP contribution in [-0.4, -0.2) is 57.4 Å². The summed E-state index contributed by atoms with van der Waals surface area (Å²) in [5, 5.41) is 0.969. The number of hydrogen-bond donors (Lipinski definition) is 2. The van der Waals surface area contributed by atoms with Crippen molar-refractivity contribution in [2.24, 2.45) is 0 Å². The molecule has 0 spiro atoms. The predicted molar refractivity (Wildman–Crippen MR) is 144 cm³/mol. The first-order valence-corrected chi connectivity index (χ1v) is 15.4. The number of aryl methyl sites for hydroxylation is 1. The Morgan fingerprint density at radius 2 is 1.68 bits per heavy atom. The van der Waals surface area contributed by atoms with Gasteiger partial charge in [-0.3, -0.25) is 0 Å². The van der Waals surface area contributed by atoms with Gasteiger partial charge in [0, 0.05) is 31.2 Å². The molecule has 10 nitrogen and oxygen atoms in total. The average molecular weight is 546 g/mol. The minimum Gasteiger partial charge on any atom is -0.382 e. The van der Waals surface area contributed by atoms with Crippen LogP contribution in [-0.2, 0) is 37.6 Å². The summed E-state index contributed by atoms with van der Waals surface area (Å²) in [6.07, 6.45) is 3.89. The fourth-order valence-electron chi connectivity index (χ4n) is 4.13. The molecule has 0 atom stereocenters. The molecule has 0 radical (unpaired) electrons. The van der Waals surface area contributed by atoms with Crippen LogP contribution in [0.5, 0.6) is 0 Å². The van der Waals surface area contributed by atoms with Crippen LogP contribution in [0.15, 0.2) is 58.3 Å². The number of imidazole rings is 1. The van der Waals surface area contributed by atoms with E-state index in [1.165, 1.54) is 24.3 Å². The van der Waals surface area contributed by atoms with Gasteiger partial charge in [0.05, 0.1) is 34.0 Å². The number of sulfonamides is 1. The third kappa shape index (κ3) is 6.09. The monoisotopic (exact) mass is 545 g/mol. The van der Waals surface area contributed by atoms with Crippen LogP contribution in [0.1, 0.15) is 25.6 Å². The molecule has 0 fully saturated rings. The van der Waals surface area contributed by atoms with Crippen molar-refractivity contribution >= 4 is 47.6 Å². The Kier molecular flexibility index (Phi) is 8.12. The third-order valence-electron chi connectivity index (χ3n) is 6.00. The van der Waals surface area contributed by atoms with Crippen molar-refractivity contribution in [1.29, 1.82) is 0 Å². The van der Waals surface area contributed by atoms with Gasteiger partial charge in [-0.2, -0.15) is 0 Å². The van der Waals surface area contributed by atoms with E-state index in [0.29, 0.717) is 24.5 Å². The molecule has 4 aromatic rings. The highest BCUT2D eigenvalue weighted by Gasteiger charge is 2.18. The Labute approximate surface area is 216 Å². The summed E-state index contributed by atoms with van der Waals surface area (Å²) in [6.45, 7) is 3.25. The molecule has 4 rings (SSSR count). The van der Waals surface area contributed by atoms with Crippen molar-refractivity contribution < 1.29 is 21.6 Å². The van der Waals surface area contributed by atoms with Gasteiger partial charge in [0.1, 0.15) is 11.3 Å². The number of unbranched alkanes of at least 4 members (excludes halogenated alkanes) is 1. The predicted octanol–water partition coefficient (Wildman–Crippen LogP) is 2.91. The van der Waals surface area contributed by atoms with Crippen molar-refractivity contribution in [2.75, 3.05) is 31.7 Å². The summed E-state index contributed by atoms with van der Waals surface area (Å²) in [6, 6.07) is 12.9. The van der Waals surface area contributed by atoms with Gasteiger partial charge in [-0.15, -0.1) is 0 Å². The number of aromatic nitrogens is 3. The van der Waals surface area contributed by atoms with Crippen molar-refractivity contribution in [2.45, 2.75) is 42.5 Å². The number of hydrogen-bond acceptors (Lipinski definition) is 8. The van der Waals surface area contributed by atoms with E-state index in [1.807, 2.05) is 24.3 Å². The molecule has 37 heavy (non-hydrogen) atoms. The summed E-state index contributed by atoms with van der Waals surface area (Å²) in [5.74, 6) is 1.31. The van der Waals surface area contributed by atoms with Gasteiger partial charge in [-0.25, -0.2) is 31.5 Å². The number of para-hydroxylation sites is 1. The number of rotatable bonds is 12. The lowest BCUT2D eigenvalue weighted by Gasteiger charge is -2.12. The number of benzene rings is 2. The van der Waals surface area contributed by atoms with Gasteiger partial charge in [-0.1, -0.05) is 31.5 Å². The first-order valence-electron chi connectivity index (χ1n) is 12.0. The Morgan fingerprint density at radius 1 is 0.973 bits per heavy atom. The zero-order valence-corrected chi connectivity index (χ0v) is 22.5. The topological polar surface area (TPSA) is 146 Å². The maximum atomic E-state index is 12.5. The van der Waals surface area contributed by atoms with E-state index < -0.39 is 19.9 Å². The standard InChI is InChI=1S/C25H31N5O5S2/c1-3-4-9-22-29-23-24(20-7-5-6-8-21(20)28-25(23)26)30(22)15-17-35-16-14-27-37(33,34)19-12-10-18(11-13-19)36(2,31)32/h5-8,10-13,27H,3-4,9,14-17H2,1-2H3,(H2,26,28). The molecule has 198 valence electrons. The summed E-state index contributed by atoms with van der Waals surface area (Å²) in [7, 11) is -7.19. The molecule has 3 N–H and O–H groups in total. The van der Waals surface area contributed by atoms with E-state index in [1.54, 1.807) is 0 Å². The summed E-state index contributed by atoms with van der Waals surface area (Å²) in [4.78, 5) is 9.34. The van der Waals surface area contributed by atoms with E-state index >= 15 is 0 Å². The Hall–Kier alpha value is -3.06. The smallest absolute Gasteiger partial charge is 0.240 e. The molecule has 2 heterocycles. The fraction of sp³-hybridized carbons (Fsp3) is 0.360. The van der Waals surface area contributed by atoms with Crippen LogP contribution in [0.25, 0.3) is 21.9 Å². The molecular formula is C25H31N5O5S2. The highest BCUT2D eigenvalue weighted by Crippen LogP contribution is 2.29. The number of nitrogens with zero attached hydrogens (tertiary/aromatic N) is 3. The molecule has 2 aromatic carbocycles. The molecule has 0 aliphatic heterocycles. The lowest BCUT2D eigenvalue weighted by atomic mass is 10.2. The molecule has 0 saturated carbocycles. The molecular weight excluding hydrogens is 514 g/mol. The first-order chi connectivity index (χ1) is 17.6. The number of ether oxygens (including phenoxy) is 1. The number of anilines is 1. The van der Waals surface area contributed by atoms with Crippen molar-refractivity contribution in [3.8, 4) is 0 Å². The maximum absolute atomic E-state index is 12.5. The molecule has 2 aromatic heterocycles. The van der Waals surface area contributed by atoms with Gasteiger partial charge in [0.25, 0.3) is 0 Å². The molecule has 0 unspecified atom stereocenters. The Bertz CT molecular complexity index is 1620. The second kappa shape index (κ2) is 11.1. The Balaban J connectivity index is 1.41. The van der Waals surface area contributed by atoms with Crippen LogP contribution in [0.3, 0.4) is 0 Å². The van der Waals surface area contributed by atoms with Crippen LogP contribution in [0.4, 0.5) is 5.82 Å². The van der Waals surface area contributed by atoms with Crippen molar-refractivity contribution in [1.82, 2.24) is 19.3 Å². The van der Waals surface area contributed by atoms with E-state index in [9.17, 15) is 16.8 Å². The average Bonchev–Trinajstić information content (AvgIpc) is 3.23. The highest BCUT2D eigenvalue weighted by molar-refractivity contribution is 7.90. The molecule has 0 amide bonds. The molecule has 0 aliphatic rings. The summed E-state index contributed by atoms with van der Waals surface area (Å²) in [5.41, 5.74) is 8.64. The molecule has 0 bridgehead atoms. The zero-order chi connectivity index (χ0) is 26.6. The second-order valence-electron chi connectivity index (χ2n) is 8.75. The highest BCUT2D eigenvalue weighted by atomic mass is 32.2. The van der Waals surface area contributed by atoms with Gasteiger partial charge in [-0.05, 0) is 36.8 Å². The minimum atomic E-state index is -3.79. The van der Waals surface area contributed by atoms with Gasteiger partial charge in [0.2, 0.25) is 10.0 Å². The minimum absolute atomic E-state index is 0.0107. The molecule has 12 heteroatoms. The SMILES string of the molecule is CCCCc1nc2c(N)nc3ccccc3c2n1CCOCCNS(=O)(=O)c1ccc(S(C)(=O)=O)cc1. The van der Waals surface area contributed by atoms with E-state index in [0.717, 1.165) is 47.8 Å². The van der Waals surface area contributed by atoms with E-state index in [-0.39, 0.29) is 22.9 Å². The van der Waals surface area contributed by atoms with E-state index in [4.69, 9.17) is 15.5 Å². The van der Waals surface area contributed by atoms with Gasteiger partial charge >= 0.3 is 0 Å². The molecule has 0 saturated heterocycles. The second-order valence-corrected chi connectivity index (χ2v) is 12.5. The zero-order valence-electron chi connectivity index (χ0n) is 20.8. The fourth-order valence-corrected chi connectivity index (χ4v) is 5.77. The molecule has 0 aliphatic carbocycles. The Morgan fingerprint density at radius 3 is 2.38 bits per heavy atom. The van der Waals surface area contributed by atoms with Crippen LogP contribution >= 0.6 is 0 Å². The maximum Gasteiger partial charge on any atom is 0.240 e. The normalized spacial score (nSPS) is 12.5. The van der Waals surface area contributed by atoms with Crippen molar-refractivity contribution in [3.05, 3.63) is 54.4 Å². The number of nitrogen functional groups attached to an aromatic ring is 1. The largest absolute Gasteiger partial charge is 0.382 e. The van der Waals surface area contributed by atoms with Crippen LogP contribution in [0, 0.1) is 0 Å². The quantitative estimate of drug-likeness (QED) is 0.258.